The van der Waals surface area contributed by atoms with Crippen LogP contribution in [0.4, 0.5) is 11.4 Å². The third-order valence-corrected chi connectivity index (χ3v) is 3.08. The minimum absolute atomic E-state index is 0.604. The quantitative estimate of drug-likeness (QED) is 0.786. The van der Waals surface area contributed by atoms with Gasteiger partial charge in [-0.3, -0.25) is 0 Å². The van der Waals surface area contributed by atoms with Gasteiger partial charge in [-0.15, -0.1) is 0 Å². The number of hydrogen-bond donors (Lipinski definition) is 2. The number of nitrogens with one attached hydrogen (secondary N) is 1. The van der Waals surface area contributed by atoms with Crippen LogP contribution in [-0.4, -0.2) is 26.9 Å². The van der Waals surface area contributed by atoms with Crippen LogP contribution in [-0.2, 0) is 4.74 Å². The van der Waals surface area contributed by atoms with Crippen LogP contribution in [0.25, 0.3) is 0 Å². The van der Waals surface area contributed by atoms with Crippen LogP contribution >= 0.6 is 0 Å². The van der Waals surface area contributed by atoms with Gasteiger partial charge in [-0.05, 0) is 30.9 Å². The van der Waals surface area contributed by atoms with Gasteiger partial charge in [0.15, 0.2) is 0 Å². The molecule has 2 rings (SSSR count). The zero-order chi connectivity index (χ0) is 12.1. The van der Waals surface area contributed by atoms with E-state index >= 15 is 0 Å². The number of methoxy groups -OCH3 is 1. The number of ether oxygens (including phenoxy) is 2. The molecule has 1 atom stereocenters. The van der Waals surface area contributed by atoms with Crippen molar-refractivity contribution in [2.75, 3.05) is 37.9 Å². The molecule has 1 unspecified atom stereocenters. The number of rotatable bonds is 4. The molecule has 0 bridgehead atoms. The number of nitrogens with two attached hydrogens (primary N) is 1. The molecule has 4 nitrogen and oxygen atoms in total. The molecular weight excluding hydrogens is 216 g/mol. The van der Waals surface area contributed by atoms with E-state index in [4.69, 9.17) is 15.2 Å². The smallest absolute Gasteiger partial charge is 0.143 e. The van der Waals surface area contributed by atoms with Crippen molar-refractivity contribution < 1.29 is 9.47 Å². The molecule has 1 fully saturated rings. The lowest BCUT2D eigenvalue weighted by Crippen LogP contribution is -2.24. The molecule has 0 aliphatic carbocycles. The number of hydrogen-bond acceptors (Lipinski definition) is 4. The van der Waals surface area contributed by atoms with E-state index in [1.807, 2.05) is 18.2 Å². The molecule has 1 aliphatic heterocycles. The van der Waals surface area contributed by atoms with Gasteiger partial charge in [-0.25, -0.2) is 0 Å². The summed E-state index contributed by atoms with van der Waals surface area (Å²) in [6.07, 6.45) is 2.40. The predicted molar refractivity (Wildman–Crippen MR) is 69.4 cm³/mol. The lowest BCUT2D eigenvalue weighted by Gasteiger charge is -2.22. The first-order chi connectivity index (χ1) is 8.29. The van der Waals surface area contributed by atoms with Crippen molar-refractivity contribution >= 4 is 11.4 Å². The maximum absolute atomic E-state index is 5.77. The van der Waals surface area contributed by atoms with Crippen LogP contribution in [0.15, 0.2) is 18.2 Å². The summed E-state index contributed by atoms with van der Waals surface area (Å²) in [4.78, 5) is 0. The predicted octanol–water partition coefficient (Wildman–Crippen LogP) is 2.12. The fraction of sp³-hybridized carbons (Fsp3) is 0.538. The van der Waals surface area contributed by atoms with Crippen LogP contribution in [0.5, 0.6) is 5.75 Å². The lowest BCUT2D eigenvalue weighted by atomic mass is 10.0. The molecule has 1 aromatic rings. The number of anilines is 2. The second-order valence-corrected chi connectivity index (χ2v) is 4.42. The Bertz CT molecular complexity index is 362. The third-order valence-electron chi connectivity index (χ3n) is 3.08. The highest BCUT2D eigenvalue weighted by atomic mass is 16.5. The van der Waals surface area contributed by atoms with Crippen LogP contribution in [0, 0.1) is 5.92 Å². The minimum atomic E-state index is 0.604. The topological polar surface area (TPSA) is 56.5 Å². The zero-order valence-electron chi connectivity index (χ0n) is 10.2. The van der Waals surface area contributed by atoms with E-state index < -0.39 is 0 Å². The van der Waals surface area contributed by atoms with Crippen molar-refractivity contribution in [3.63, 3.8) is 0 Å². The summed E-state index contributed by atoms with van der Waals surface area (Å²) in [6.45, 7) is 2.71. The minimum Gasteiger partial charge on any atom is -0.495 e. The summed E-state index contributed by atoms with van der Waals surface area (Å²) < 4.78 is 10.6. The summed E-state index contributed by atoms with van der Waals surface area (Å²) in [5, 5.41) is 3.40. The van der Waals surface area contributed by atoms with E-state index in [2.05, 4.69) is 5.32 Å². The maximum atomic E-state index is 5.77. The molecule has 1 heterocycles. The van der Waals surface area contributed by atoms with Crippen LogP contribution in [0.2, 0.25) is 0 Å². The van der Waals surface area contributed by atoms with E-state index in [1.165, 1.54) is 6.42 Å². The first kappa shape index (κ1) is 12.0. The van der Waals surface area contributed by atoms with Gasteiger partial charge in [0.2, 0.25) is 0 Å². The van der Waals surface area contributed by atoms with Crippen molar-refractivity contribution in [1.82, 2.24) is 0 Å². The summed E-state index contributed by atoms with van der Waals surface area (Å²) in [7, 11) is 1.63. The van der Waals surface area contributed by atoms with E-state index in [0.717, 1.165) is 37.6 Å². The van der Waals surface area contributed by atoms with Gasteiger partial charge in [0.1, 0.15) is 5.75 Å². The molecule has 0 aromatic heterocycles. The molecule has 0 radical (unpaired) electrons. The Labute approximate surface area is 102 Å². The number of nitrogen functional groups attached to an aromatic ring is 1. The van der Waals surface area contributed by atoms with Gasteiger partial charge in [-0.2, -0.15) is 0 Å². The van der Waals surface area contributed by atoms with Crippen molar-refractivity contribution in [2.24, 2.45) is 5.92 Å². The van der Waals surface area contributed by atoms with Crippen LogP contribution in [0.1, 0.15) is 12.8 Å². The second-order valence-electron chi connectivity index (χ2n) is 4.42. The molecule has 0 spiro atoms. The second kappa shape index (κ2) is 5.77. The summed E-state index contributed by atoms with van der Waals surface area (Å²) in [5.74, 6) is 1.32. The normalized spacial score (nSPS) is 19.9. The van der Waals surface area contributed by atoms with Crippen LogP contribution < -0.4 is 15.8 Å². The van der Waals surface area contributed by atoms with Crippen LogP contribution in [0.3, 0.4) is 0 Å². The zero-order valence-corrected chi connectivity index (χ0v) is 10.2. The summed E-state index contributed by atoms with van der Waals surface area (Å²) >= 11 is 0. The molecule has 0 amide bonds. The Balaban J connectivity index is 1.89. The van der Waals surface area contributed by atoms with E-state index in [0.29, 0.717) is 11.6 Å². The van der Waals surface area contributed by atoms with E-state index in [-0.39, 0.29) is 0 Å². The summed E-state index contributed by atoms with van der Waals surface area (Å²) in [6, 6.07) is 5.76. The lowest BCUT2D eigenvalue weighted by molar-refractivity contribution is 0.0595. The first-order valence-corrected chi connectivity index (χ1v) is 6.04. The molecular formula is C13H20N2O2. The van der Waals surface area contributed by atoms with Gasteiger partial charge in [0.05, 0.1) is 19.4 Å². The maximum Gasteiger partial charge on any atom is 0.143 e. The molecule has 17 heavy (non-hydrogen) atoms. The molecule has 1 aromatic carbocycles. The van der Waals surface area contributed by atoms with E-state index in [1.54, 1.807) is 7.11 Å². The van der Waals surface area contributed by atoms with Gasteiger partial charge < -0.3 is 20.5 Å². The Morgan fingerprint density at radius 1 is 1.53 bits per heavy atom. The molecule has 4 heteroatoms. The Morgan fingerprint density at radius 2 is 2.41 bits per heavy atom. The van der Waals surface area contributed by atoms with Gasteiger partial charge in [0, 0.05) is 24.9 Å². The molecule has 3 N–H and O–H groups in total. The first-order valence-electron chi connectivity index (χ1n) is 6.04. The van der Waals surface area contributed by atoms with Gasteiger partial charge in [-0.1, -0.05) is 0 Å². The largest absolute Gasteiger partial charge is 0.495 e. The highest BCUT2D eigenvalue weighted by Crippen LogP contribution is 2.25. The highest BCUT2D eigenvalue weighted by molar-refractivity contribution is 5.61. The van der Waals surface area contributed by atoms with Crippen molar-refractivity contribution in [3.8, 4) is 5.75 Å². The molecule has 1 aliphatic rings. The molecule has 0 saturated carbocycles. The highest BCUT2D eigenvalue weighted by Gasteiger charge is 2.13. The van der Waals surface area contributed by atoms with Crippen molar-refractivity contribution in [2.45, 2.75) is 12.8 Å². The fourth-order valence-electron chi connectivity index (χ4n) is 2.05. The molecule has 1 saturated heterocycles. The van der Waals surface area contributed by atoms with Crippen molar-refractivity contribution in [1.29, 1.82) is 0 Å². The number of benzene rings is 1. The average molecular weight is 236 g/mol. The SMILES string of the molecule is COc1cc(NCC2CCCOC2)ccc1N. The van der Waals surface area contributed by atoms with Gasteiger partial charge in [0.25, 0.3) is 0 Å². The van der Waals surface area contributed by atoms with Gasteiger partial charge >= 0.3 is 0 Å². The van der Waals surface area contributed by atoms with Crippen molar-refractivity contribution in [3.05, 3.63) is 18.2 Å². The van der Waals surface area contributed by atoms with E-state index in [9.17, 15) is 0 Å². The third kappa shape index (κ3) is 3.27. The monoisotopic (exact) mass is 236 g/mol. The summed E-state index contributed by atoms with van der Waals surface area (Å²) in [5.41, 5.74) is 7.48. The average Bonchev–Trinajstić information content (AvgIpc) is 2.39. The Kier molecular flexibility index (Phi) is 4.09. The fourth-order valence-corrected chi connectivity index (χ4v) is 2.05. The Hall–Kier alpha value is -1.42. The Morgan fingerprint density at radius 3 is 3.12 bits per heavy atom. The standard InChI is InChI=1S/C13H20N2O2/c1-16-13-7-11(4-5-12(13)14)15-8-10-3-2-6-17-9-10/h4-5,7,10,15H,2-3,6,8-9,14H2,1H3. The molecule has 94 valence electrons.